The van der Waals surface area contributed by atoms with E-state index in [1.165, 1.54) is 5.56 Å². The highest BCUT2D eigenvalue weighted by molar-refractivity contribution is 5.95. The number of hydrogen-bond donors (Lipinski definition) is 0. The van der Waals surface area contributed by atoms with Crippen LogP contribution in [0.2, 0.25) is 0 Å². The van der Waals surface area contributed by atoms with Gasteiger partial charge in [-0.2, -0.15) is 0 Å². The third-order valence-corrected chi connectivity index (χ3v) is 4.86. The van der Waals surface area contributed by atoms with Crippen molar-refractivity contribution in [2.75, 3.05) is 44.2 Å². The number of nitrogens with zero attached hydrogens (tertiary/aromatic N) is 3. The van der Waals surface area contributed by atoms with Crippen LogP contribution in [0, 0.1) is 0 Å². The van der Waals surface area contributed by atoms with Gasteiger partial charge in [0.15, 0.2) is 0 Å². The quantitative estimate of drug-likeness (QED) is 0.849. The highest BCUT2D eigenvalue weighted by Crippen LogP contribution is 2.27. The summed E-state index contributed by atoms with van der Waals surface area (Å²) in [4.78, 5) is 30.1. The smallest absolute Gasteiger partial charge is 0.228 e. The standard InChI is InChI=1S/C18H25N3O2/c1-15(22)20-10-4-9-19(13-14-20)11-8-18(23)21-12-7-16-5-2-3-6-17(16)21/h2-3,5-6H,4,7-14H2,1H3. The molecular formula is C18H25N3O2. The molecule has 2 heterocycles. The first-order valence-electron chi connectivity index (χ1n) is 8.51. The predicted octanol–water partition coefficient (Wildman–Crippen LogP) is 1.52. The van der Waals surface area contributed by atoms with Gasteiger partial charge in [-0.25, -0.2) is 0 Å². The van der Waals surface area contributed by atoms with E-state index in [-0.39, 0.29) is 11.8 Å². The summed E-state index contributed by atoms with van der Waals surface area (Å²) >= 11 is 0. The lowest BCUT2D eigenvalue weighted by atomic mass is 10.2. The summed E-state index contributed by atoms with van der Waals surface area (Å²) in [5, 5.41) is 0. The van der Waals surface area contributed by atoms with Gasteiger partial charge < -0.3 is 14.7 Å². The molecule has 0 bridgehead atoms. The molecule has 0 aliphatic carbocycles. The molecule has 2 amide bonds. The van der Waals surface area contributed by atoms with Crippen LogP contribution in [-0.4, -0.2) is 60.9 Å². The number of benzene rings is 1. The molecule has 0 unspecified atom stereocenters. The maximum Gasteiger partial charge on any atom is 0.228 e. The van der Waals surface area contributed by atoms with Crippen LogP contribution in [0.3, 0.4) is 0 Å². The van der Waals surface area contributed by atoms with Crippen molar-refractivity contribution in [3.8, 4) is 0 Å². The molecule has 0 aromatic heterocycles. The van der Waals surface area contributed by atoms with Crippen LogP contribution in [0.15, 0.2) is 24.3 Å². The zero-order chi connectivity index (χ0) is 16.2. The van der Waals surface area contributed by atoms with Gasteiger partial charge in [0, 0.05) is 51.8 Å². The van der Waals surface area contributed by atoms with Gasteiger partial charge in [0.05, 0.1) is 0 Å². The monoisotopic (exact) mass is 315 g/mol. The summed E-state index contributed by atoms with van der Waals surface area (Å²) < 4.78 is 0. The molecule has 1 saturated heterocycles. The van der Waals surface area contributed by atoms with Crippen molar-refractivity contribution in [2.24, 2.45) is 0 Å². The Labute approximate surface area is 137 Å². The Hall–Kier alpha value is -1.88. The van der Waals surface area contributed by atoms with Gasteiger partial charge in [-0.05, 0) is 31.0 Å². The van der Waals surface area contributed by atoms with E-state index < -0.39 is 0 Å². The number of carbonyl (C=O) groups excluding carboxylic acids is 2. The molecule has 0 spiro atoms. The molecule has 2 aliphatic rings. The maximum absolute atomic E-state index is 12.5. The Balaban J connectivity index is 1.51. The molecule has 1 aromatic rings. The zero-order valence-electron chi connectivity index (χ0n) is 13.8. The van der Waals surface area contributed by atoms with Crippen molar-refractivity contribution >= 4 is 17.5 Å². The Morgan fingerprint density at radius 2 is 1.87 bits per heavy atom. The second kappa shape index (κ2) is 7.13. The summed E-state index contributed by atoms with van der Waals surface area (Å²) in [7, 11) is 0. The Bertz CT molecular complexity index is 587. The van der Waals surface area contributed by atoms with E-state index in [0.717, 1.165) is 57.8 Å². The molecule has 2 aliphatic heterocycles. The molecule has 1 aromatic carbocycles. The van der Waals surface area contributed by atoms with Crippen molar-refractivity contribution in [1.82, 2.24) is 9.80 Å². The average molecular weight is 315 g/mol. The van der Waals surface area contributed by atoms with E-state index in [4.69, 9.17) is 0 Å². The van der Waals surface area contributed by atoms with Crippen molar-refractivity contribution < 1.29 is 9.59 Å². The fraction of sp³-hybridized carbons (Fsp3) is 0.556. The molecule has 0 saturated carbocycles. The van der Waals surface area contributed by atoms with Crippen LogP contribution >= 0.6 is 0 Å². The van der Waals surface area contributed by atoms with Crippen molar-refractivity contribution in [3.05, 3.63) is 29.8 Å². The fourth-order valence-corrected chi connectivity index (χ4v) is 3.50. The Morgan fingerprint density at radius 3 is 2.70 bits per heavy atom. The van der Waals surface area contributed by atoms with Gasteiger partial charge in [-0.1, -0.05) is 18.2 Å². The zero-order valence-corrected chi connectivity index (χ0v) is 13.8. The number of hydrogen-bond acceptors (Lipinski definition) is 3. The molecule has 0 atom stereocenters. The SMILES string of the molecule is CC(=O)N1CCCN(CCC(=O)N2CCc3ccccc32)CC1. The van der Waals surface area contributed by atoms with E-state index in [1.807, 2.05) is 28.0 Å². The summed E-state index contributed by atoms with van der Waals surface area (Å²) in [6.45, 7) is 6.65. The van der Waals surface area contributed by atoms with Crippen LogP contribution in [0.4, 0.5) is 5.69 Å². The number of anilines is 1. The van der Waals surface area contributed by atoms with Crippen molar-refractivity contribution in [3.63, 3.8) is 0 Å². The minimum absolute atomic E-state index is 0.150. The molecule has 0 N–H and O–H groups in total. The van der Waals surface area contributed by atoms with Crippen LogP contribution < -0.4 is 4.90 Å². The summed E-state index contributed by atoms with van der Waals surface area (Å²) in [6, 6.07) is 8.17. The van der Waals surface area contributed by atoms with Gasteiger partial charge in [0.25, 0.3) is 0 Å². The average Bonchev–Trinajstić information content (AvgIpc) is 2.83. The fourth-order valence-electron chi connectivity index (χ4n) is 3.50. The number of rotatable bonds is 3. The number of amides is 2. The predicted molar refractivity (Wildman–Crippen MR) is 90.4 cm³/mol. The summed E-state index contributed by atoms with van der Waals surface area (Å²) in [5.74, 6) is 0.360. The van der Waals surface area contributed by atoms with Crippen LogP contribution in [0.1, 0.15) is 25.3 Å². The van der Waals surface area contributed by atoms with Gasteiger partial charge in [-0.15, -0.1) is 0 Å². The molecule has 0 radical (unpaired) electrons. The van der Waals surface area contributed by atoms with Gasteiger partial charge in [0.1, 0.15) is 0 Å². The van der Waals surface area contributed by atoms with Crippen molar-refractivity contribution in [1.29, 1.82) is 0 Å². The lowest BCUT2D eigenvalue weighted by Crippen LogP contribution is -2.36. The molecule has 1 fully saturated rings. The molecular weight excluding hydrogens is 290 g/mol. The highest BCUT2D eigenvalue weighted by atomic mass is 16.2. The number of fused-ring (bicyclic) bond motifs is 1. The Morgan fingerprint density at radius 1 is 1.04 bits per heavy atom. The highest BCUT2D eigenvalue weighted by Gasteiger charge is 2.24. The van der Waals surface area contributed by atoms with E-state index in [2.05, 4.69) is 11.0 Å². The molecule has 5 nitrogen and oxygen atoms in total. The van der Waals surface area contributed by atoms with Crippen LogP contribution in [-0.2, 0) is 16.0 Å². The molecule has 23 heavy (non-hydrogen) atoms. The normalized spacial score (nSPS) is 18.7. The minimum Gasteiger partial charge on any atom is -0.342 e. The third-order valence-electron chi connectivity index (χ3n) is 4.86. The van der Waals surface area contributed by atoms with E-state index >= 15 is 0 Å². The molecule has 5 heteroatoms. The molecule has 3 rings (SSSR count). The van der Waals surface area contributed by atoms with Gasteiger partial charge in [0.2, 0.25) is 11.8 Å². The lowest BCUT2D eigenvalue weighted by molar-refractivity contribution is -0.128. The number of para-hydroxylation sites is 1. The van der Waals surface area contributed by atoms with E-state index in [1.54, 1.807) is 6.92 Å². The van der Waals surface area contributed by atoms with E-state index in [0.29, 0.717) is 6.42 Å². The largest absolute Gasteiger partial charge is 0.342 e. The lowest BCUT2D eigenvalue weighted by Gasteiger charge is -2.23. The number of carbonyl (C=O) groups is 2. The van der Waals surface area contributed by atoms with Gasteiger partial charge in [-0.3, -0.25) is 9.59 Å². The van der Waals surface area contributed by atoms with Crippen molar-refractivity contribution in [2.45, 2.75) is 26.2 Å². The first kappa shape index (κ1) is 16.0. The third kappa shape index (κ3) is 3.72. The second-order valence-corrected chi connectivity index (χ2v) is 6.38. The topological polar surface area (TPSA) is 43.9 Å². The summed E-state index contributed by atoms with van der Waals surface area (Å²) in [5.41, 5.74) is 2.35. The van der Waals surface area contributed by atoms with E-state index in [9.17, 15) is 9.59 Å². The first-order valence-corrected chi connectivity index (χ1v) is 8.51. The van der Waals surface area contributed by atoms with Crippen LogP contribution in [0.5, 0.6) is 0 Å². The van der Waals surface area contributed by atoms with Gasteiger partial charge >= 0.3 is 0 Å². The second-order valence-electron chi connectivity index (χ2n) is 6.38. The van der Waals surface area contributed by atoms with Crippen LogP contribution in [0.25, 0.3) is 0 Å². The maximum atomic E-state index is 12.5. The first-order chi connectivity index (χ1) is 11.1. The minimum atomic E-state index is 0.150. The molecule has 124 valence electrons. The Kier molecular flexibility index (Phi) is 4.96. The summed E-state index contributed by atoms with van der Waals surface area (Å²) in [6.07, 6.45) is 2.49.